The van der Waals surface area contributed by atoms with Crippen LogP contribution in [0.2, 0.25) is 0 Å². The highest BCUT2D eigenvalue weighted by Crippen LogP contribution is 2.29. The van der Waals surface area contributed by atoms with Crippen molar-refractivity contribution in [2.75, 3.05) is 0 Å². The Hall–Kier alpha value is -1.89. The summed E-state index contributed by atoms with van der Waals surface area (Å²) < 4.78 is 5.19. The third-order valence-corrected chi connectivity index (χ3v) is 4.97. The SMILES string of the molecule is CC(C)NC(=O)NC(=O)C(C)OC(=O)c1cc2c(s1)CCCCC2. The standard InChI is InChI=1S/C17H24N2O4S/c1-10(2)18-17(22)19-15(20)11(3)23-16(21)14-9-12-7-5-4-6-8-13(12)24-14/h9-11H,4-8H2,1-3H3,(H2,18,19,20,22). The van der Waals surface area contributed by atoms with Gasteiger partial charge in [-0.15, -0.1) is 11.3 Å². The summed E-state index contributed by atoms with van der Waals surface area (Å²) >= 11 is 1.45. The van der Waals surface area contributed by atoms with Crippen molar-refractivity contribution in [3.63, 3.8) is 0 Å². The number of fused-ring (bicyclic) bond motifs is 1. The summed E-state index contributed by atoms with van der Waals surface area (Å²) in [6.07, 6.45) is 4.46. The maximum Gasteiger partial charge on any atom is 0.349 e. The summed E-state index contributed by atoms with van der Waals surface area (Å²) in [4.78, 5) is 37.4. The van der Waals surface area contributed by atoms with Crippen LogP contribution < -0.4 is 10.6 Å². The zero-order valence-corrected chi connectivity index (χ0v) is 15.1. The molecular weight excluding hydrogens is 328 g/mol. The van der Waals surface area contributed by atoms with E-state index in [1.165, 1.54) is 35.1 Å². The fourth-order valence-corrected chi connectivity index (χ4v) is 3.69. The molecule has 0 saturated carbocycles. The summed E-state index contributed by atoms with van der Waals surface area (Å²) in [6, 6.07) is 1.20. The van der Waals surface area contributed by atoms with Gasteiger partial charge in [-0.3, -0.25) is 10.1 Å². The maximum absolute atomic E-state index is 12.2. The predicted octanol–water partition coefficient (Wildman–Crippen LogP) is 2.80. The number of esters is 1. The monoisotopic (exact) mass is 352 g/mol. The van der Waals surface area contributed by atoms with E-state index in [9.17, 15) is 14.4 Å². The van der Waals surface area contributed by atoms with Crippen molar-refractivity contribution in [1.29, 1.82) is 0 Å². The molecule has 132 valence electrons. The first-order valence-electron chi connectivity index (χ1n) is 8.30. The van der Waals surface area contributed by atoms with Gasteiger partial charge in [-0.05, 0) is 58.1 Å². The molecular formula is C17H24N2O4S. The highest BCUT2D eigenvalue weighted by molar-refractivity contribution is 7.14. The molecule has 1 atom stereocenters. The summed E-state index contributed by atoms with van der Waals surface area (Å²) in [5, 5.41) is 4.71. The van der Waals surface area contributed by atoms with Gasteiger partial charge in [0.05, 0.1) is 0 Å². The minimum absolute atomic E-state index is 0.0859. The number of nitrogens with one attached hydrogen (secondary N) is 2. The van der Waals surface area contributed by atoms with Gasteiger partial charge in [0, 0.05) is 10.9 Å². The van der Waals surface area contributed by atoms with Crippen molar-refractivity contribution >= 4 is 29.2 Å². The summed E-state index contributed by atoms with van der Waals surface area (Å²) in [6.45, 7) is 5.02. The summed E-state index contributed by atoms with van der Waals surface area (Å²) in [5.74, 6) is -1.15. The minimum Gasteiger partial charge on any atom is -0.448 e. The number of carbonyl (C=O) groups is 3. The Labute approximate surface area is 146 Å². The molecule has 1 heterocycles. The second kappa shape index (κ2) is 8.28. The first-order chi connectivity index (χ1) is 11.4. The Kier molecular flexibility index (Phi) is 6.36. The van der Waals surface area contributed by atoms with Gasteiger partial charge < -0.3 is 10.1 Å². The molecule has 0 saturated heterocycles. The van der Waals surface area contributed by atoms with Crippen LogP contribution in [-0.4, -0.2) is 30.1 Å². The molecule has 0 radical (unpaired) electrons. The van der Waals surface area contributed by atoms with E-state index in [1.807, 2.05) is 6.07 Å². The average molecular weight is 352 g/mol. The van der Waals surface area contributed by atoms with Crippen molar-refractivity contribution in [1.82, 2.24) is 10.6 Å². The van der Waals surface area contributed by atoms with Gasteiger partial charge in [0.25, 0.3) is 5.91 Å². The number of carbonyl (C=O) groups excluding carboxylic acids is 3. The number of hydrogen-bond acceptors (Lipinski definition) is 5. The van der Waals surface area contributed by atoms with Crippen LogP contribution in [0, 0.1) is 0 Å². The quantitative estimate of drug-likeness (QED) is 0.645. The van der Waals surface area contributed by atoms with Gasteiger partial charge in [-0.25, -0.2) is 9.59 Å². The molecule has 2 rings (SSSR count). The van der Waals surface area contributed by atoms with Crippen LogP contribution in [0.25, 0.3) is 0 Å². The topological polar surface area (TPSA) is 84.5 Å². The molecule has 0 aromatic carbocycles. The van der Waals surface area contributed by atoms with Crippen LogP contribution in [-0.2, 0) is 22.4 Å². The zero-order chi connectivity index (χ0) is 17.7. The molecule has 0 spiro atoms. The Morgan fingerprint density at radius 1 is 1.12 bits per heavy atom. The van der Waals surface area contributed by atoms with Crippen molar-refractivity contribution in [3.8, 4) is 0 Å². The Bertz CT molecular complexity index is 601. The number of aryl methyl sites for hydroxylation is 2. The van der Waals surface area contributed by atoms with Crippen LogP contribution in [0.1, 0.15) is 60.1 Å². The second-order valence-corrected chi connectivity index (χ2v) is 7.42. The van der Waals surface area contributed by atoms with E-state index in [-0.39, 0.29) is 6.04 Å². The van der Waals surface area contributed by atoms with Crippen LogP contribution in [0.5, 0.6) is 0 Å². The number of rotatable bonds is 4. The molecule has 1 aromatic rings. The Morgan fingerprint density at radius 2 is 1.83 bits per heavy atom. The molecule has 2 N–H and O–H groups in total. The van der Waals surface area contributed by atoms with Gasteiger partial charge in [-0.2, -0.15) is 0 Å². The minimum atomic E-state index is -1.03. The van der Waals surface area contributed by atoms with Crippen LogP contribution in [0.4, 0.5) is 4.79 Å². The van der Waals surface area contributed by atoms with Gasteiger partial charge in [-0.1, -0.05) is 6.42 Å². The number of thiophene rings is 1. The Balaban J connectivity index is 1.91. The van der Waals surface area contributed by atoms with Crippen LogP contribution in [0.3, 0.4) is 0 Å². The lowest BCUT2D eigenvalue weighted by Gasteiger charge is -2.13. The first kappa shape index (κ1) is 18.4. The molecule has 3 amide bonds. The molecule has 1 aromatic heterocycles. The van der Waals surface area contributed by atoms with Crippen molar-refractivity contribution in [3.05, 3.63) is 21.4 Å². The molecule has 6 nitrogen and oxygen atoms in total. The number of ether oxygens (including phenoxy) is 1. The molecule has 1 unspecified atom stereocenters. The normalized spacial score (nSPS) is 15.2. The van der Waals surface area contributed by atoms with Crippen LogP contribution in [0.15, 0.2) is 6.07 Å². The molecule has 0 bridgehead atoms. The number of urea groups is 1. The van der Waals surface area contributed by atoms with Gasteiger partial charge >= 0.3 is 12.0 Å². The second-order valence-electron chi connectivity index (χ2n) is 6.28. The lowest BCUT2D eigenvalue weighted by atomic mass is 10.1. The summed E-state index contributed by atoms with van der Waals surface area (Å²) in [7, 11) is 0. The fourth-order valence-electron chi connectivity index (χ4n) is 2.55. The fraction of sp³-hybridized carbons (Fsp3) is 0.588. The van der Waals surface area contributed by atoms with E-state index < -0.39 is 24.0 Å². The van der Waals surface area contributed by atoms with E-state index in [0.29, 0.717) is 4.88 Å². The van der Waals surface area contributed by atoms with Crippen molar-refractivity contribution in [2.45, 2.75) is 65.0 Å². The maximum atomic E-state index is 12.2. The van der Waals surface area contributed by atoms with Crippen molar-refractivity contribution in [2.24, 2.45) is 0 Å². The third kappa shape index (κ3) is 5.06. The predicted molar refractivity (Wildman–Crippen MR) is 92.3 cm³/mol. The zero-order valence-electron chi connectivity index (χ0n) is 14.3. The van der Waals surface area contributed by atoms with Crippen molar-refractivity contribution < 1.29 is 19.1 Å². The average Bonchev–Trinajstić information content (AvgIpc) is 2.77. The molecule has 7 heteroatoms. The van der Waals surface area contributed by atoms with E-state index in [0.717, 1.165) is 25.7 Å². The number of imide groups is 1. The molecule has 1 aliphatic rings. The van der Waals surface area contributed by atoms with E-state index in [4.69, 9.17) is 4.74 Å². The highest BCUT2D eigenvalue weighted by atomic mass is 32.1. The van der Waals surface area contributed by atoms with Gasteiger partial charge in [0.15, 0.2) is 6.10 Å². The van der Waals surface area contributed by atoms with Crippen LogP contribution >= 0.6 is 11.3 Å². The molecule has 24 heavy (non-hydrogen) atoms. The molecule has 0 aliphatic heterocycles. The Morgan fingerprint density at radius 3 is 2.54 bits per heavy atom. The third-order valence-electron chi connectivity index (χ3n) is 3.76. The lowest BCUT2D eigenvalue weighted by molar-refractivity contribution is -0.127. The molecule has 1 aliphatic carbocycles. The lowest BCUT2D eigenvalue weighted by Crippen LogP contribution is -2.46. The largest absolute Gasteiger partial charge is 0.448 e. The number of amides is 3. The molecule has 0 fully saturated rings. The van der Waals surface area contributed by atoms with E-state index >= 15 is 0 Å². The van der Waals surface area contributed by atoms with E-state index in [2.05, 4.69) is 10.6 Å². The first-order valence-corrected chi connectivity index (χ1v) is 9.12. The van der Waals surface area contributed by atoms with Gasteiger partial charge in [0.2, 0.25) is 0 Å². The highest BCUT2D eigenvalue weighted by Gasteiger charge is 2.23. The smallest absolute Gasteiger partial charge is 0.349 e. The summed E-state index contributed by atoms with van der Waals surface area (Å²) in [5.41, 5.74) is 1.22. The number of hydrogen-bond donors (Lipinski definition) is 2. The van der Waals surface area contributed by atoms with Gasteiger partial charge in [0.1, 0.15) is 4.88 Å². The van der Waals surface area contributed by atoms with E-state index in [1.54, 1.807) is 13.8 Å².